The first-order valence-corrected chi connectivity index (χ1v) is 6.89. The Labute approximate surface area is 110 Å². The van der Waals surface area contributed by atoms with Crippen LogP contribution in [0.5, 0.6) is 0 Å². The van der Waals surface area contributed by atoms with E-state index in [1.165, 1.54) is 0 Å². The predicted octanol–water partition coefficient (Wildman–Crippen LogP) is -0.181. The van der Waals surface area contributed by atoms with Crippen LogP contribution < -0.4 is 5.32 Å². The van der Waals surface area contributed by atoms with E-state index in [-0.39, 0.29) is 19.3 Å². The van der Waals surface area contributed by atoms with E-state index in [0.717, 1.165) is 19.7 Å². The van der Waals surface area contributed by atoms with Gasteiger partial charge in [0.2, 0.25) is 0 Å². The SMILES string of the molecule is CCC(CO)(CO)NCC1CN(C(C)C)CCO1. The minimum atomic E-state index is -0.580. The Morgan fingerprint density at radius 3 is 2.56 bits per heavy atom. The van der Waals surface area contributed by atoms with Gasteiger partial charge in [-0.2, -0.15) is 0 Å². The van der Waals surface area contributed by atoms with Crippen molar-refractivity contribution in [2.24, 2.45) is 0 Å². The Morgan fingerprint density at radius 1 is 1.39 bits per heavy atom. The molecule has 5 heteroatoms. The van der Waals surface area contributed by atoms with Crippen LogP contribution in [0.1, 0.15) is 27.2 Å². The number of ether oxygens (including phenoxy) is 1. The lowest BCUT2D eigenvalue weighted by molar-refractivity contribution is -0.0438. The molecule has 1 saturated heterocycles. The third-order valence-electron chi connectivity index (χ3n) is 3.89. The largest absolute Gasteiger partial charge is 0.394 e. The van der Waals surface area contributed by atoms with Crippen molar-refractivity contribution in [2.45, 2.75) is 44.9 Å². The van der Waals surface area contributed by atoms with Crippen LogP contribution in [0.25, 0.3) is 0 Å². The van der Waals surface area contributed by atoms with Crippen molar-refractivity contribution in [3.8, 4) is 0 Å². The number of aliphatic hydroxyl groups excluding tert-OH is 2. The average molecular weight is 260 g/mol. The second-order valence-electron chi connectivity index (χ2n) is 5.41. The maximum absolute atomic E-state index is 9.37. The summed E-state index contributed by atoms with van der Waals surface area (Å²) in [5.41, 5.74) is -0.580. The molecule has 0 radical (unpaired) electrons. The fourth-order valence-electron chi connectivity index (χ4n) is 2.18. The van der Waals surface area contributed by atoms with Gasteiger partial charge in [0.15, 0.2) is 0 Å². The van der Waals surface area contributed by atoms with Gasteiger partial charge in [-0.15, -0.1) is 0 Å². The van der Waals surface area contributed by atoms with E-state index in [9.17, 15) is 10.2 Å². The van der Waals surface area contributed by atoms with Crippen molar-refractivity contribution in [3.05, 3.63) is 0 Å². The lowest BCUT2D eigenvalue weighted by atomic mass is 9.98. The molecular formula is C13H28N2O3. The van der Waals surface area contributed by atoms with E-state index < -0.39 is 5.54 Å². The lowest BCUT2D eigenvalue weighted by Gasteiger charge is -2.38. The molecule has 1 atom stereocenters. The van der Waals surface area contributed by atoms with Gasteiger partial charge in [0, 0.05) is 25.7 Å². The van der Waals surface area contributed by atoms with E-state index in [4.69, 9.17) is 4.74 Å². The molecule has 108 valence electrons. The molecule has 1 unspecified atom stereocenters. The van der Waals surface area contributed by atoms with E-state index in [1.54, 1.807) is 0 Å². The number of morpholine rings is 1. The number of nitrogens with one attached hydrogen (secondary N) is 1. The van der Waals surface area contributed by atoms with Gasteiger partial charge in [0.25, 0.3) is 0 Å². The molecule has 0 saturated carbocycles. The second-order valence-corrected chi connectivity index (χ2v) is 5.41. The monoisotopic (exact) mass is 260 g/mol. The molecule has 3 N–H and O–H groups in total. The van der Waals surface area contributed by atoms with E-state index in [2.05, 4.69) is 24.1 Å². The number of hydrogen-bond donors (Lipinski definition) is 3. The summed E-state index contributed by atoms with van der Waals surface area (Å²) < 4.78 is 5.72. The van der Waals surface area contributed by atoms with Gasteiger partial charge < -0.3 is 20.3 Å². The highest BCUT2D eigenvalue weighted by Crippen LogP contribution is 2.12. The predicted molar refractivity (Wildman–Crippen MR) is 71.6 cm³/mol. The first-order valence-electron chi connectivity index (χ1n) is 6.89. The molecule has 1 fully saturated rings. The highest BCUT2D eigenvalue weighted by atomic mass is 16.5. The van der Waals surface area contributed by atoms with Crippen molar-refractivity contribution >= 4 is 0 Å². The molecule has 0 spiro atoms. The summed E-state index contributed by atoms with van der Waals surface area (Å²) in [5.74, 6) is 0. The van der Waals surface area contributed by atoms with Gasteiger partial charge in [-0.25, -0.2) is 0 Å². The lowest BCUT2D eigenvalue weighted by Crippen LogP contribution is -2.56. The van der Waals surface area contributed by atoms with Crippen LogP contribution in [-0.4, -0.2) is 72.3 Å². The quantitative estimate of drug-likeness (QED) is 0.592. The van der Waals surface area contributed by atoms with Gasteiger partial charge in [0.1, 0.15) is 0 Å². The molecule has 0 aromatic carbocycles. The van der Waals surface area contributed by atoms with Gasteiger partial charge >= 0.3 is 0 Å². The topological polar surface area (TPSA) is 65.0 Å². The standard InChI is InChI=1S/C13H28N2O3/c1-4-13(9-16,10-17)14-7-12-8-15(11(2)3)5-6-18-12/h11-12,14,16-17H,4-10H2,1-3H3. The van der Waals surface area contributed by atoms with Crippen LogP contribution in [0.2, 0.25) is 0 Å². The average Bonchev–Trinajstić information content (AvgIpc) is 2.41. The number of nitrogens with zero attached hydrogens (tertiary/aromatic N) is 1. The normalized spacial score (nSPS) is 22.7. The minimum Gasteiger partial charge on any atom is -0.394 e. The highest BCUT2D eigenvalue weighted by Gasteiger charge is 2.29. The smallest absolute Gasteiger partial charge is 0.0827 e. The molecule has 0 aliphatic carbocycles. The maximum atomic E-state index is 9.37. The summed E-state index contributed by atoms with van der Waals surface area (Å²) in [7, 11) is 0. The Kier molecular flexibility index (Phi) is 6.52. The summed E-state index contributed by atoms with van der Waals surface area (Å²) in [6.45, 7) is 9.53. The Hall–Kier alpha value is -0.200. The second kappa shape index (κ2) is 7.40. The Morgan fingerprint density at radius 2 is 2.06 bits per heavy atom. The Bertz CT molecular complexity index is 224. The van der Waals surface area contributed by atoms with Crippen LogP contribution in [0.4, 0.5) is 0 Å². The molecule has 1 aliphatic heterocycles. The van der Waals surface area contributed by atoms with Crippen molar-refractivity contribution < 1.29 is 14.9 Å². The zero-order chi connectivity index (χ0) is 13.6. The van der Waals surface area contributed by atoms with Gasteiger partial charge in [-0.3, -0.25) is 4.90 Å². The van der Waals surface area contributed by atoms with Crippen molar-refractivity contribution in [3.63, 3.8) is 0 Å². The highest BCUT2D eigenvalue weighted by molar-refractivity contribution is 4.87. The van der Waals surface area contributed by atoms with Crippen LogP contribution in [-0.2, 0) is 4.74 Å². The maximum Gasteiger partial charge on any atom is 0.0827 e. The van der Waals surface area contributed by atoms with Crippen LogP contribution in [0.3, 0.4) is 0 Å². The molecular weight excluding hydrogens is 232 g/mol. The fourth-order valence-corrected chi connectivity index (χ4v) is 2.18. The zero-order valence-corrected chi connectivity index (χ0v) is 11.9. The molecule has 0 aromatic rings. The summed E-state index contributed by atoms with van der Waals surface area (Å²) in [5, 5.41) is 22.0. The molecule has 18 heavy (non-hydrogen) atoms. The van der Waals surface area contributed by atoms with E-state index in [1.807, 2.05) is 6.92 Å². The molecule has 0 amide bonds. The third-order valence-corrected chi connectivity index (χ3v) is 3.89. The molecule has 1 aliphatic rings. The fraction of sp³-hybridized carbons (Fsp3) is 1.00. The summed E-state index contributed by atoms with van der Waals surface area (Å²) in [4.78, 5) is 2.39. The van der Waals surface area contributed by atoms with E-state index >= 15 is 0 Å². The van der Waals surface area contributed by atoms with Crippen molar-refractivity contribution in [1.29, 1.82) is 0 Å². The van der Waals surface area contributed by atoms with Crippen LogP contribution in [0, 0.1) is 0 Å². The Balaban J connectivity index is 2.42. The van der Waals surface area contributed by atoms with Gasteiger partial charge in [-0.05, 0) is 20.3 Å². The van der Waals surface area contributed by atoms with Crippen molar-refractivity contribution in [2.75, 3.05) is 39.5 Å². The zero-order valence-electron chi connectivity index (χ0n) is 11.9. The third kappa shape index (κ3) is 4.17. The van der Waals surface area contributed by atoms with Crippen molar-refractivity contribution in [1.82, 2.24) is 10.2 Å². The van der Waals surface area contributed by atoms with Gasteiger partial charge in [-0.1, -0.05) is 6.92 Å². The minimum absolute atomic E-state index is 0.0549. The number of aliphatic hydroxyl groups is 2. The van der Waals surface area contributed by atoms with Crippen LogP contribution in [0.15, 0.2) is 0 Å². The first kappa shape index (κ1) is 15.9. The molecule has 1 heterocycles. The van der Waals surface area contributed by atoms with E-state index in [0.29, 0.717) is 19.0 Å². The summed E-state index contributed by atoms with van der Waals surface area (Å²) >= 11 is 0. The first-order chi connectivity index (χ1) is 8.56. The number of rotatable bonds is 7. The summed E-state index contributed by atoms with van der Waals surface area (Å²) in [6.07, 6.45) is 0.825. The van der Waals surface area contributed by atoms with Gasteiger partial charge in [0.05, 0.1) is 31.5 Å². The summed E-state index contributed by atoms with van der Waals surface area (Å²) in [6, 6.07) is 0.531. The molecule has 0 aromatic heterocycles. The molecule has 5 nitrogen and oxygen atoms in total. The number of hydrogen-bond acceptors (Lipinski definition) is 5. The van der Waals surface area contributed by atoms with Crippen LogP contribution >= 0.6 is 0 Å². The molecule has 0 bridgehead atoms. The molecule has 1 rings (SSSR count).